The molecule has 0 radical (unpaired) electrons. The maximum atomic E-state index is 12.3. The number of hydrogen-bond donors (Lipinski definition) is 2. The van der Waals surface area contributed by atoms with Crippen molar-refractivity contribution in [2.75, 3.05) is 40.0 Å². The van der Waals surface area contributed by atoms with Gasteiger partial charge in [-0.15, -0.1) is 0 Å². The molecular weight excluding hydrogens is 318 g/mol. The van der Waals surface area contributed by atoms with Crippen LogP contribution in [-0.4, -0.2) is 62.5 Å². The smallest absolute Gasteiger partial charge is 0.315 e. The van der Waals surface area contributed by atoms with Gasteiger partial charge in [0.05, 0.1) is 20.3 Å². The molecule has 0 bridgehead atoms. The molecule has 2 N–H and O–H groups in total. The molecule has 6 heteroatoms. The van der Waals surface area contributed by atoms with Crippen molar-refractivity contribution in [3.05, 3.63) is 29.8 Å². The molecule has 1 saturated carbocycles. The van der Waals surface area contributed by atoms with E-state index in [9.17, 15) is 4.79 Å². The third kappa shape index (κ3) is 4.44. The van der Waals surface area contributed by atoms with Crippen molar-refractivity contribution >= 4 is 6.03 Å². The van der Waals surface area contributed by atoms with Gasteiger partial charge in [-0.2, -0.15) is 0 Å². The van der Waals surface area contributed by atoms with Gasteiger partial charge in [-0.25, -0.2) is 4.79 Å². The minimum Gasteiger partial charge on any atom is -0.496 e. The van der Waals surface area contributed by atoms with Gasteiger partial charge in [-0.05, 0) is 31.9 Å². The molecule has 1 aliphatic carbocycles. The average molecular weight is 347 g/mol. The lowest BCUT2D eigenvalue weighted by Gasteiger charge is -2.40. The second-order valence-electron chi connectivity index (χ2n) is 7.43. The number of benzene rings is 1. The molecular formula is C19H29N3O3. The van der Waals surface area contributed by atoms with Gasteiger partial charge in [-0.1, -0.05) is 18.2 Å². The Morgan fingerprint density at radius 3 is 2.76 bits per heavy atom. The fraction of sp³-hybridized carbons (Fsp3) is 0.632. The van der Waals surface area contributed by atoms with Gasteiger partial charge in [-0.3, -0.25) is 4.90 Å². The van der Waals surface area contributed by atoms with Crippen LogP contribution in [0.1, 0.15) is 31.7 Å². The first-order valence-corrected chi connectivity index (χ1v) is 9.01. The SMILES string of the molecule is COc1ccccc1C1CC1NC(=O)NCC(C)(C)N1CCOCC1. The predicted octanol–water partition coefficient (Wildman–Crippen LogP) is 1.96. The summed E-state index contributed by atoms with van der Waals surface area (Å²) in [4.78, 5) is 14.6. The summed E-state index contributed by atoms with van der Waals surface area (Å²) in [5, 5.41) is 6.11. The fourth-order valence-electron chi connectivity index (χ4n) is 3.47. The number of carbonyl (C=O) groups is 1. The van der Waals surface area contributed by atoms with Gasteiger partial charge in [0, 0.05) is 37.1 Å². The number of rotatable bonds is 6. The topological polar surface area (TPSA) is 62.8 Å². The van der Waals surface area contributed by atoms with Gasteiger partial charge in [0.15, 0.2) is 0 Å². The van der Waals surface area contributed by atoms with Crippen molar-refractivity contribution in [3.63, 3.8) is 0 Å². The molecule has 2 atom stereocenters. The van der Waals surface area contributed by atoms with Crippen LogP contribution in [0.3, 0.4) is 0 Å². The summed E-state index contributed by atoms with van der Waals surface area (Å²) in [6, 6.07) is 8.11. The van der Waals surface area contributed by atoms with Crippen LogP contribution in [0.5, 0.6) is 5.75 Å². The van der Waals surface area contributed by atoms with E-state index in [0.717, 1.165) is 38.5 Å². The number of methoxy groups -OCH3 is 1. The van der Waals surface area contributed by atoms with E-state index in [1.54, 1.807) is 7.11 Å². The van der Waals surface area contributed by atoms with Gasteiger partial charge in [0.1, 0.15) is 5.75 Å². The number of morpholine rings is 1. The third-order valence-corrected chi connectivity index (χ3v) is 5.19. The van der Waals surface area contributed by atoms with Crippen LogP contribution in [-0.2, 0) is 4.74 Å². The Balaban J connectivity index is 1.46. The second kappa shape index (κ2) is 7.62. The number of hydrogen-bond acceptors (Lipinski definition) is 4. The molecule has 2 unspecified atom stereocenters. The zero-order valence-corrected chi connectivity index (χ0v) is 15.4. The molecule has 1 heterocycles. The van der Waals surface area contributed by atoms with Crippen LogP contribution < -0.4 is 15.4 Å². The minimum absolute atomic E-state index is 0.0767. The van der Waals surface area contributed by atoms with E-state index < -0.39 is 0 Å². The van der Waals surface area contributed by atoms with Crippen molar-refractivity contribution < 1.29 is 14.3 Å². The highest BCUT2D eigenvalue weighted by Crippen LogP contribution is 2.44. The maximum absolute atomic E-state index is 12.3. The summed E-state index contributed by atoms with van der Waals surface area (Å²) in [5.41, 5.74) is 1.09. The summed E-state index contributed by atoms with van der Waals surface area (Å²) >= 11 is 0. The van der Waals surface area contributed by atoms with Crippen LogP contribution in [0.4, 0.5) is 4.79 Å². The molecule has 0 aromatic heterocycles. The van der Waals surface area contributed by atoms with Gasteiger partial charge in [0.25, 0.3) is 0 Å². The van der Waals surface area contributed by atoms with E-state index in [-0.39, 0.29) is 17.6 Å². The fourth-order valence-corrected chi connectivity index (χ4v) is 3.47. The van der Waals surface area contributed by atoms with Crippen LogP contribution in [0.15, 0.2) is 24.3 Å². The quantitative estimate of drug-likeness (QED) is 0.826. The largest absolute Gasteiger partial charge is 0.496 e. The van der Waals surface area contributed by atoms with Gasteiger partial charge < -0.3 is 20.1 Å². The minimum atomic E-state index is -0.0938. The van der Waals surface area contributed by atoms with E-state index in [1.165, 1.54) is 5.56 Å². The van der Waals surface area contributed by atoms with Crippen molar-refractivity contribution in [2.24, 2.45) is 0 Å². The first-order chi connectivity index (χ1) is 12.0. The number of ether oxygens (including phenoxy) is 2. The molecule has 2 aliphatic rings. The second-order valence-corrected chi connectivity index (χ2v) is 7.43. The highest BCUT2D eigenvalue weighted by Gasteiger charge is 2.41. The average Bonchev–Trinajstić information content (AvgIpc) is 3.39. The number of para-hydroxylation sites is 1. The Bertz CT molecular complexity index is 599. The third-order valence-electron chi connectivity index (χ3n) is 5.19. The molecule has 3 rings (SSSR count). The first kappa shape index (κ1) is 18.0. The number of amides is 2. The standard InChI is InChI=1S/C19H29N3O3/c1-19(2,22-8-10-25-11-9-22)13-20-18(23)21-16-12-15(16)14-6-4-5-7-17(14)24-3/h4-7,15-16H,8-13H2,1-3H3,(H2,20,21,23). The lowest BCUT2D eigenvalue weighted by atomic mass is 10.0. The summed E-state index contributed by atoms with van der Waals surface area (Å²) < 4.78 is 10.8. The first-order valence-electron chi connectivity index (χ1n) is 9.01. The molecule has 1 aromatic rings. The van der Waals surface area contributed by atoms with Crippen molar-refractivity contribution in [1.29, 1.82) is 0 Å². The zero-order chi connectivity index (χ0) is 17.9. The Kier molecular flexibility index (Phi) is 5.49. The normalized spacial score (nSPS) is 23.8. The highest BCUT2D eigenvalue weighted by molar-refractivity contribution is 5.75. The zero-order valence-electron chi connectivity index (χ0n) is 15.4. The summed E-state index contributed by atoms with van der Waals surface area (Å²) in [7, 11) is 1.68. The molecule has 0 spiro atoms. The Hall–Kier alpha value is -1.79. The summed E-state index contributed by atoms with van der Waals surface area (Å²) in [5.74, 6) is 1.24. The van der Waals surface area contributed by atoms with Crippen LogP contribution >= 0.6 is 0 Å². The van der Waals surface area contributed by atoms with E-state index in [1.807, 2.05) is 18.2 Å². The Labute approximate surface area is 149 Å². The van der Waals surface area contributed by atoms with E-state index >= 15 is 0 Å². The molecule has 1 aliphatic heterocycles. The number of nitrogens with zero attached hydrogens (tertiary/aromatic N) is 1. The van der Waals surface area contributed by atoms with E-state index in [2.05, 4.69) is 35.4 Å². The maximum Gasteiger partial charge on any atom is 0.315 e. The lowest BCUT2D eigenvalue weighted by Crippen LogP contribution is -2.56. The predicted molar refractivity (Wildman–Crippen MR) is 97.1 cm³/mol. The van der Waals surface area contributed by atoms with Crippen molar-refractivity contribution in [3.8, 4) is 5.75 Å². The van der Waals surface area contributed by atoms with Crippen molar-refractivity contribution in [2.45, 2.75) is 37.8 Å². The highest BCUT2D eigenvalue weighted by atomic mass is 16.5. The van der Waals surface area contributed by atoms with Crippen LogP contribution in [0.2, 0.25) is 0 Å². The molecule has 1 aromatic carbocycles. The molecule has 2 fully saturated rings. The van der Waals surface area contributed by atoms with E-state index in [4.69, 9.17) is 9.47 Å². The molecule has 138 valence electrons. The van der Waals surface area contributed by atoms with Crippen LogP contribution in [0.25, 0.3) is 0 Å². The van der Waals surface area contributed by atoms with Gasteiger partial charge >= 0.3 is 6.03 Å². The lowest BCUT2D eigenvalue weighted by molar-refractivity contribution is -0.00874. The Morgan fingerprint density at radius 2 is 2.04 bits per heavy atom. The number of carbonyl (C=O) groups excluding carboxylic acids is 1. The summed E-state index contributed by atoms with van der Waals surface area (Å²) in [6.07, 6.45) is 0.959. The van der Waals surface area contributed by atoms with Crippen molar-refractivity contribution in [1.82, 2.24) is 15.5 Å². The Morgan fingerprint density at radius 1 is 1.32 bits per heavy atom. The van der Waals surface area contributed by atoms with Crippen LogP contribution in [0, 0.1) is 0 Å². The molecule has 25 heavy (non-hydrogen) atoms. The molecule has 6 nitrogen and oxygen atoms in total. The monoisotopic (exact) mass is 347 g/mol. The number of nitrogens with one attached hydrogen (secondary N) is 2. The van der Waals surface area contributed by atoms with Gasteiger partial charge in [0.2, 0.25) is 0 Å². The molecule has 1 saturated heterocycles. The molecule has 2 amide bonds. The van der Waals surface area contributed by atoms with E-state index in [0.29, 0.717) is 12.5 Å². The summed E-state index contributed by atoms with van der Waals surface area (Å²) in [6.45, 7) is 8.28. The number of urea groups is 1.